The molecular formula is C16H20BrNO. The number of hydrogen-bond donors (Lipinski definition) is 0. The molecule has 1 heterocycles. The SMILES string of the molecule is O=C(c1cccc(Br)c1)N1CCCC1C1CCCC1. The van der Waals surface area contributed by atoms with Gasteiger partial charge < -0.3 is 4.90 Å². The summed E-state index contributed by atoms with van der Waals surface area (Å²) in [4.78, 5) is 14.8. The first-order valence-electron chi connectivity index (χ1n) is 7.32. The first-order valence-corrected chi connectivity index (χ1v) is 8.11. The third-order valence-electron chi connectivity index (χ3n) is 4.58. The molecule has 1 aromatic rings. The maximum Gasteiger partial charge on any atom is 0.254 e. The molecule has 1 aromatic carbocycles. The van der Waals surface area contributed by atoms with Gasteiger partial charge in [-0.2, -0.15) is 0 Å². The van der Waals surface area contributed by atoms with Gasteiger partial charge >= 0.3 is 0 Å². The van der Waals surface area contributed by atoms with Crippen LogP contribution in [0.1, 0.15) is 48.9 Å². The molecule has 1 unspecified atom stereocenters. The lowest BCUT2D eigenvalue weighted by Gasteiger charge is -2.29. The van der Waals surface area contributed by atoms with Crippen LogP contribution in [0.4, 0.5) is 0 Å². The Labute approximate surface area is 123 Å². The Morgan fingerprint density at radius 3 is 2.68 bits per heavy atom. The van der Waals surface area contributed by atoms with Crippen molar-refractivity contribution in [2.24, 2.45) is 5.92 Å². The highest BCUT2D eigenvalue weighted by Gasteiger charge is 2.36. The number of nitrogens with zero attached hydrogens (tertiary/aromatic N) is 1. The second kappa shape index (κ2) is 5.66. The zero-order valence-electron chi connectivity index (χ0n) is 11.1. The summed E-state index contributed by atoms with van der Waals surface area (Å²) in [6, 6.07) is 8.27. The van der Waals surface area contributed by atoms with Crippen molar-refractivity contribution < 1.29 is 4.79 Å². The number of amides is 1. The van der Waals surface area contributed by atoms with E-state index in [1.165, 1.54) is 38.5 Å². The van der Waals surface area contributed by atoms with Crippen LogP contribution in [0.15, 0.2) is 28.7 Å². The van der Waals surface area contributed by atoms with E-state index < -0.39 is 0 Å². The monoisotopic (exact) mass is 321 g/mol. The van der Waals surface area contributed by atoms with E-state index in [0.29, 0.717) is 6.04 Å². The van der Waals surface area contributed by atoms with Gasteiger partial charge in [0.1, 0.15) is 0 Å². The van der Waals surface area contributed by atoms with E-state index in [2.05, 4.69) is 20.8 Å². The Balaban J connectivity index is 1.78. The van der Waals surface area contributed by atoms with E-state index in [9.17, 15) is 4.79 Å². The van der Waals surface area contributed by atoms with Gasteiger partial charge in [-0.3, -0.25) is 4.79 Å². The second-order valence-corrected chi connectivity index (χ2v) is 6.68. The van der Waals surface area contributed by atoms with E-state index in [0.717, 1.165) is 22.5 Å². The maximum atomic E-state index is 12.7. The lowest BCUT2D eigenvalue weighted by atomic mass is 9.95. The molecule has 1 atom stereocenters. The van der Waals surface area contributed by atoms with Crippen LogP contribution in [0.3, 0.4) is 0 Å². The van der Waals surface area contributed by atoms with Gasteiger partial charge in [0.2, 0.25) is 0 Å². The van der Waals surface area contributed by atoms with Crippen molar-refractivity contribution in [2.45, 2.75) is 44.6 Å². The fourth-order valence-corrected chi connectivity index (χ4v) is 4.06. The average Bonchev–Trinajstić information content (AvgIpc) is 3.08. The maximum absolute atomic E-state index is 12.7. The zero-order valence-corrected chi connectivity index (χ0v) is 12.7. The molecule has 0 radical (unpaired) electrons. The number of likely N-dealkylation sites (tertiary alicyclic amines) is 1. The number of hydrogen-bond acceptors (Lipinski definition) is 1. The molecule has 3 rings (SSSR count). The molecule has 102 valence electrons. The molecule has 0 aromatic heterocycles. The number of rotatable bonds is 2. The summed E-state index contributed by atoms with van der Waals surface area (Å²) in [7, 11) is 0. The van der Waals surface area contributed by atoms with E-state index >= 15 is 0 Å². The number of benzene rings is 1. The Morgan fingerprint density at radius 2 is 1.95 bits per heavy atom. The Morgan fingerprint density at radius 1 is 1.16 bits per heavy atom. The van der Waals surface area contributed by atoms with Crippen molar-refractivity contribution in [2.75, 3.05) is 6.54 Å². The summed E-state index contributed by atoms with van der Waals surface area (Å²) in [5.41, 5.74) is 0.819. The van der Waals surface area contributed by atoms with Crippen molar-refractivity contribution in [3.8, 4) is 0 Å². The molecule has 2 aliphatic rings. The predicted molar refractivity (Wildman–Crippen MR) is 80.2 cm³/mol. The molecule has 0 N–H and O–H groups in total. The fraction of sp³-hybridized carbons (Fsp3) is 0.562. The molecule has 3 heteroatoms. The molecule has 1 aliphatic heterocycles. The van der Waals surface area contributed by atoms with Crippen LogP contribution >= 0.6 is 15.9 Å². The van der Waals surface area contributed by atoms with Gasteiger partial charge in [-0.15, -0.1) is 0 Å². The van der Waals surface area contributed by atoms with Gasteiger partial charge in [-0.25, -0.2) is 0 Å². The van der Waals surface area contributed by atoms with E-state index in [1.54, 1.807) is 0 Å². The Kier molecular flexibility index (Phi) is 3.92. The van der Waals surface area contributed by atoms with Crippen LogP contribution in [0.2, 0.25) is 0 Å². The Hall–Kier alpha value is -0.830. The van der Waals surface area contributed by atoms with Crippen LogP contribution in [0.25, 0.3) is 0 Å². The normalized spacial score (nSPS) is 24.1. The largest absolute Gasteiger partial charge is 0.335 e. The van der Waals surface area contributed by atoms with Crippen molar-refractivity contribution in [1.82, 2.24) is 4.90 Å². The molecule has 0 bridgehead atoms. The molecule has 1 aliphatic carbocycles. The van der Waals surface area contributed by atoms with Crippen LogP contribution in [-0.2, 0) is 0 Å². The summed E-state index contributed by atoms with van der Waals surface area (Å²) in [5, 5.41) is 0. The van der Waals surface area contributed by atoms with Crippen molar-refractivity contribution in [3.05, 3.63) is 34.3 Å². The Bertz CT molecular complexity index is 468. The van der Waals surface area contributed by atoms with Crippen LogP contribution in [-0.4, -0.2) is 23.4 Å². The summed E-state index contributed by atoms with van der Waals surface area (Å²) in [6.45, 7) is 0.937. The van der Waals surface area contributed by atoms with Gasteiger partial charge in [0.25, 0.3) is 5.91 Å². The standard InChI is InChI=1S/C16H20BrNO/c17-14-8-3-7-13(11-14)16(19)18-10-4-9-15(18)12-5-1-2-6-12/h3,7-8,11-12,15H,1-2,4-6,9-10H2. The highest BCUT2D eigenvalue weighted by Crippen LogP contribution is 2.36. The summed E-state index contributed by atoms with van der Waals surface area (Å²) < 4.78 is 0.981. The summed E-state index contributed by atoms with van der Waals surface area (Å²) in [6.07, 6.45) is 7.69. The summed E-state index contributed by atoms with van der Waals surface area (Å²) >= 11 is 3.45. The van der Waals surface area contributed by atoms with E-state index in [1.807, 2.05) is 24.3 Å². The quantitative estimate of drug-likeness (QED) is 0.797. The molecule has 1 saturated carbocycles. The first-order chi connectivity index (χ1) is 9.25. The smallest absolute Gasteiger partial charge is 0.254 e. The number of halogens is 1. The van der Waals surface area contributed by atoms with Crippen LogP contribution < -0.4 is 0 Å². The van der Waals surface area contributed by atoms with Gasteiger partial charge in [-0.05, 0) is 49.8 Å². The summed E-state index contributed by atoms with van der Waals surface area (Å²) in [5.74, 6) is 0.967. The number of carbonyl (C=O) groups is 1. The van der Waals surface area contributed by atoms with Crippen LogP contribution in [0.5, 0.6) is 0 Å². The zero-order chi connectivity index (χ0) is 13.2. The van der Waals surface area contributed by atoms with Gasteiger partial charge in [-0.1, -0.05) is 34.8 Å². The number of carbonyl (C=O) groups excluding carboxylic acids is 1. The van der Waals surface area contributed by atoms with E-state index in [-0.39, 0.29) is 5.91 Å². The molecule has 1 amide bonds. The molecule has 0 spiro atoms. The second-order valence-electron chi connectivity index (χ2n) is 5.76. The molecule has 2 nitrogen and oxygen atoms in total. The molecular weight excluding hydrogens is 302 g/mol. The predicted octanol–water partition coefficient (Wildman–Crippen LogP) is 4.24. The van der Waals surface area contributed by atoms with Gasteiger partial charge in [0.15, 0.2) is 0 Å². The minimum atomic E-state index is 0.218. The van der Waals surface area contributed by atoms with Crippen molar-refractivity contribution >= 4 is 21.8 Å². The minimum absolute atomic E-state index is 0.218. The van der Waals surface area contributed by atoms with E-state index in [4.69, 9.17) is 0 Å². The molecule has 19 heavy (non-hydrogen) atoms. The lowest BCUT2D eigenvalue weighted by molar-refractivity contribution is 0.0689. The average molecular weight is 322 g/mol. The van der Waals surface area contributed by atoms with Crippen LogP contribution in [0, 0.1) is 5.92 Å². The third-order valence-corrected chi connectivity index (χ3v) is 5.07. The van der Waals surface area contributed by atoms with Crippen molar-refractivity contribution in [3.63, 3.8) is 0 Å². The third kappa shape index (κ3) is 2.71. The van der Waals surface area contributed by atoms with Crippen molar-refractivity contribution in [1.29, 1.82) is 0 Å². The first kappa shape index (κ1) is 13.2. The highest BCUT2D eigenvalue weighted by atomic mass is 79.9. The highest BCUT2D eigenvalue weighted by molar-refractivity contribution is 9.10. The minimum Gasteiger partial charge on any atom is -0.335 e. The fourth-order valence-electron chi connectivity index (χ4n) is 3.66. The van der Waals surface area contributed by atoms with Gasteiger partial charge in [0, 0.05) is 22.6 Å². The molecule has 2 fully saturated rings. The lowest BCUT2D eigenvalue weighted by Crippen LogP contribution is -2.39. The molecule has 1 saturated heterocycles. The topological polar surface area (TPSA) is 20.3 Å². The van der Waals surface area contributed by atoms with Gasteiger partial charge in [0.05, 0.1) is 0 Å².